The highest BCUT2D eigenvalue weighted by Gasteiger charge is 2.19. The Morgan fingerprint density at radius 3 is 2.60 bits per heavy atom. The number of nitro groups is 1. The molecule has 1 aromatic carbocycles. The molecule has 6 nitrogen and oxygen atoms in total. The predicted molar refractivity (Wildman–Crippen MR) is 76.4 cm³/mol. The molecule has 0 aromatic heterocycles. The Bertz CT molecular complexity index is 474. The summed E-state index contributed by atoms with van der Waals surface area (Å²) in [7, 11) is 0. The lowest BCUT2D eigenvalue weighted by Gasteiger charge is -2.18. The number of amides is 1. The zero-order chi connectivity index (χ0) is 15.1. The smallest absolute Gasteiger partial charge is 0.278 e. The first-order chi connectivity index (χ1) is 9.43. The van der Waals surface area contributed by atoms with Gasteiger partial charge in [-0.15, -0.1) is 0 Å². The van der Waals surface area contributed by atoms with Crippen LogP contribution in [0.4, 0.5) is 5.69 Å². The molecule has 0 heterocycles. The minimum Gasteiger partial charge on any atom is -0.349 e. The average molecular weight is 280 g/mol. The summed E-state index contributed by atoms with van der Waals surface area (Å²) in [4.78, 5) is 23.4. The van der Waals surface area contributed by atoms with Crippen LogP contribution >= 0.6 is 0 Å². The van der Waals surface area contributed by atoms with Gasteiger partial charge in [-0.05, 0) is 26.8 Å². The number of carbonyl (C=O) groups excluding carboxylic acids is 1. The van der Waals surface area contributed by atoms with Crippen LogP contribution in [0.2, 0.25) is 0 Å². The molecule has 0 spiro atoms. The molecule has 0 fully saturated rings. The average Bonchev–Trinajstić information content (AvgIpc) is 2.37. The van der Waals surface area contributed by atoms with Crippen molar-refractivity contribution in [2.24, 2.45) is 0 Å². The zero-order valence-corrected chi connectivity index (χ0v) is 12.2. The molecule has 6 heteroatoms. The topological polar surface area (TPSA) is 76.7 Å². The molecule has 0 aliphatic carbocycles. The Morgan fingerprint density at radius 2 is 2.05 bits per heavy atom. The fourth-order valence-electron chi connectivity index (χ4n) is 2.02. The molecule has 0 saturated heterocycles. The Kier molecular flexibility index (Phi) is 6.11. The molecular formula is C14H22N3O3+. The van der Waals surface area contributed by atoms with Gasteiger partial charge in [-0.3, -0.25) is 14.9 Å². The van der Waals surface area contributed by atoms with Crippen LogP contribution in [0.15, 0.2) is 24.3 Å². The fraction of sp³-hybridized carbons (Fsp3) is 0.500. The number of rotatable bonds is 7. The minimum absolute atomic E-state index is 0.0320. The third-order valence-electron chi connectivity index (χ3n) is 2.99. The van der Waals surface area contributed by atoms with E-state index in [1.807, 2.05) is 20.8 Å². The monoisotopic (exact) mass is 280 g/mol. The molecule has 0 radical (unpaired) electrons. The van der Waals surface area contributed by atoms with Gasteiger partial charge in [0, 0.05) is 12.1 Å². The summed E-state index contributed by atoms with van der Waals surface area (Å²) in [6.07, 6.45) is 0. The van der Waals surface area contributed by atoms with Crippen molar-refractivity contribution in [1.82, 2.24) is 5.32 Å². The van der Waals surface area contributed by atoms with Gasteiger partial charge >= 0.3 is 0 Å². The number of hydrogen-bond donors (Lipinski definition) is 2. The first kappa shape index (κ1) is 16.1. The summed E-state index contributed by atoms with van der Waals surface area (Å²) in [6.45, 7) is 7.31. The van der Waals surface area contributed by atoms with Gasteiger partial charge < -0.3 is 10.2 Å². The van der Waals surface area contributed by atoms with E-state index in [9.17, 15) is 14.9 Å². The van der Waals surface area contributed by atoms with Gasteiger partial charge in [-0.2, -0.15) is 0 Å². The number of carbonyl (C=O) groups is 1. The van der Waals surface area contributed by atoms with E-state index in [1.54, 1.807) is 18.2 Å². The molecule has 110 valence electrons. The van der Waals surface area contributed by atoms with Gasteiger partial charge in [0.05, 0.1) is 17.0 Å². The number of quaternary nitrogens is 1. The molecule has 1 atom stereocenters. The maximum atomic E-state index is 11.8. The third kappa shape index (κ3) is 4.97. The number of para-hydroxylation sites is 1. The lowest BCUT2D eigenvalue weighted by Crippen LogP contribution is -3.11. The molecule has 1 amide bonds. The molecular weight excluding hydrogens is 258 g/mol. The van der Waals surface area contributed by atoms with Gasteiger partial charge in [-0.25, -0.2) is 0 Å². The van der Waals surface area contributed by atoms with Crippen LogP contribution in [-0.4, -0.2) is 30.0 Å². The van der Waals surface area contributed by atoms with Gasteiger partial charge in [0.2, 0.25) is 0 Å². The SMILES string of the molecule is CC[NH+](CC(=O)NC(C)C)Cc1ccccc1[N+](=O)[O-]. The number of nitro benzene ring substituents is 1. The molecule has 1 aromatic rings. The molecule has 0 aliphatic heterocycles. The summed E-state index contributed by atoms with van der Waals surface area (Å²) in [5, 5.41) is 13.8. The summed E-state index contributed by atoms with van der Waals surface area (Å²) in [5.41, 5.74) is 0.773. The van der Waals surface area contributed by atoms with Crippen LogP contribution in [0.25, 0.3) is 0 Å². The Labute approximate surface area is 118 Å². The summed E-state index contributed by atoms with van der Waals surface area (Å²) in [6, 6.07) is 6.78. The summed E-state index contributed by atoms with van der Waals surface area (Å²) < 4.78 is 0. The van der Waals surface area contributed by atoms with E-state index >= 15 is 0 Å². The van der Waals surface area contributed by atoms with Crippen molar-refractivity contribution in [2.75, 3.05) is 13.1 Å². The number of likely N-dealkylation sites (N-methyl/N-ethyl adjacent to an activating group) is 1. The largest absolute Gasteiger partial charge is 0.349 e. The summed E-state index contributed by atoms with van der Waals surface area (Å²) >= 11 is 0. The highest BCUT2D eigenvalue weighted by Crippen LogP contribution is 2.16. The molecule has 0 aliphatic rings. The van der Waals surface area contributed by atoms with E-state index < -0.39 is 0 Å². The van der Waals surface area contributed by atoms with Crippen molar-refractivity contribution >= 4 is 11.6 Å². The van der Waals surface area contributed by atoms with Crippen LogP contribution in [0.3, 0.4) is 0 Å². The molecule has 1 unspecified atom stereocenters. The van der Waals surface area contributed by atoms with Gasteiger partial charge in [-0.1, -0.05) is 12.1 Å². The van der Waals surface area contributed by atoms with E-state index in [4.69, 9.17) is 0 Å². The first-order valence-electron chi connectivity index (χ1n) is 6.79. The van der Waals surface area contributed by atoms with Crippen molar-refractivity contribution in [1.29, 1.82) is 0 Å². The first-order valence-corrected chi connectivity index (χ1v) is 6.79. The van der Waals surface area contributed by atoms with Crippen molar-refractivity contribution in [3.63, 3.8) is 0 Å². The molecule has 20 heavy (non-hydrogen) atoms. The minimum atomic E-state index is -0.378. The second-order valence-electron chi connectivity index (χ2n) is 5.07. The quantitative estimate of drug-likeness (QED) is 0.565. The second kappa shape index (κ2) is 7.59. The van der Waals surface area contributed by atoms with Crippen LogP contribution in [0.5, 0.6) is 0 Å². The molecule has 0 bridgehead atoms. The third-order valence-corrected chi connectivity index (χ3v) is 2.99. The predicted octanol–water partition coefficient (Wildman–Crippen LogP) is 0.524. The fourth-order valence-corrected chi connectivity index (χ4v) is 2.02. The number of hydrogen-bond acceptors (Lipinski definition) is 3. The second-order valence-corrected chi connectivity index (χ2v) is 5.07. The standard InChI is InChI=1S/C14H21N3O3/c1-4-16(10-14(18)15-11(2)3)9-12-7-5-6-8-13(12)17(19)20/h5-8,11H,4,9-10H2,1-3H3,(H,15,18)/p+1. The Balaban J connectivity index is 2.74. The lowest BCUT2D eigenvalue weighted by molar-refractivity contribution is -0.904. The van der Waals surface area contributed by atoms with Crippen LogP contribution in [-0.2, 0) is 11.3 Å². The number of nitrogens with zero attached hydrogens (tertiary/aromatic N) is 1. The highest BCUT2D eigenvalue weighted by atomic mass is 16.6. The normalized spacial score (nSPS) is 12.2. The number of nitrogens with one attached hydrogen (secondary N) is 2. The molecule has 2 N–H and O–H groups in total. The lowest BCUT2D eigenvalue weighted by atomic mass is 10.1. The molecule has 0 saturated carbocycles. The van der Waals surface area contributed by atoms with Crippen LogP contribution < -0.4 is 10.2 Å². The van der Waals surface area contributed by atoms with E-state index in [2.05, 4.69) is 5.32 Å². The zero-order valence-electron chi connectivity index (χ0n) is 12.2. The van der Waals surface area contributed by atoms with Crippen molar-refractivity contribution in [2.45, 2.75) is 33.4 Å². The van der Waals surface area contributed by atoms with Crippen molar-refractivity contribution in [3.05, 3.63) is 39.9 Å². The van der Waals surface area contributed by atoms with Crippen molar-refractivity contribution < 1.29 is 14.6 Å². The Morgan fingerprint density at radius 1 is 1.40 bits per heavy atom. The number of benzene rings is 1. The van der Waals surface area contributed by atoms with Gasteiger partial charge in [0.1, 0.15) is 6.54 Å². The maximum absolute atomic E-state index is 11.8. The van der Waals surface area contributed by atoms with Gasteiger partial charge in [0.25, 0.3) is 11.6 Å². The van der Waals surface area contributed by atoms with Crippen molar-refractivity contribution in [3.8, 4) is 0 Å². The van der Waals surface area contributed by atoms with E-state index in [1.165, 1.54) is 6.07 Å². The maximum Gasteiger partial charge on any atom is 0.278 e. The summed E-state index contributed by atoms with van der Waals surface area (Å²) in [5.74, 6) is -0.0320. The van der Waals surface area contributed by atoms with Crippen LogP contribution in [0.1, 0.15) is 26.3 Å². The van der Waals surface area contributed by atoms with Gasteiger partial charge in [0.15, 0.2) is 6.54 Å². The molecule has 1 rings (SSSR count). The van der Waals surface area contributed by atoms with E-state index in [0.717, 1.165) is 11.4 Å². The Hall–Kier alpha value is -1.95. The van der Waals surface area contributed by atoms with E-state index in [-0.39, 0.29) is 22.6 Å². The highest BCUT2D eigenvalue weighted by molar-refractivity contribution is 5.77. The van der Waals surface area contributed by atoms with E-state index in [0.29, 0.717) is 18.7 Å². The van der Waals surface area contributed by atoms with Crippen LogP contribution in [0, 0.1) is 10.1 Å².